The summed E-state index contributed by atoms with van der Waals surface area (Å²) >= 11 is 0. The van der Waals surface area contributed by atoms with Crippen molar-refractivity contribution in [2.45, 2.75) is 25.3 Å². The first kappa shape index (κ1) is 15.3. The van der Waals surface area contributed by atoms with Crippen LogP contribution in [0.2, 0.25) is 0 Å². The van der Waals surface area contributed by atoms with Crippen LogP contribution in [-0.4, -0.2) is 51.4 Å². The summed E-state index contributed by atoms with van der Waals surface area (Å²) in [6.07, 6.45) is 6.25. The molecule has 1 aromatic carbocycles. The summed E-state index contributed by atoms with van der Waals surface area (Å²) in [6.45, 7) is 1.68. The highest BCUT2D eigenvalue weighted by atomic mass is 19.1. The lowest BCUT2D eigenvalue weighted by atomic mass is 9.79. The highest BCUT2D eigenvalue weighted by Gasteiger charge is 2.36. The first-order valence-corrected chi connectivity index (χ1v) is 8.27. The number of morpholine rings is 1. The molecule has 1 aliphatic heterocycles. The van der Waals surface area contributed by atoms with E-state index in [2.05, 4.69) is 10.1 Å². The normalized spacial score (nSPS) is 21.5. The van der Waals surface area contributed by atoms with E-state index in [1.165, 1.54) is 29.8 Å². The molecule has 0 radical (unpaired) electrons. The number of hydrogen-bond donors (Lipinski definition) is 0. The van der Waals surface area contributed by atoms with E-state index in [1.807, 2.05) is 4.90 Å². The number of hydrogen-bond acceptors (Lipinski definition) is 4. The fourth-order valence-electron chi connectivity index (χ4n) is 3.41. The average molecular weight is 330 g/mol. The Morgan fingerprint density at radius 2 is 2.21 bits per heavy atom. The van der Waals surface area contributed by atoms with Crippen LogP contribution in [0.1, 0.15) is 29.6 Å². The number of rotatable bonds is 3. The van der Waals surface area contributed by atoms with Crippen LogP contribution >= 0.6 is 0 Å². The van der Waals surface area contributed by atoms with Gasteiger partial charge in [-0.3, -0.25) is 4.79 Å². The molecule has 24 heavy (non-hydrogen) atoms. The number of carbonyl (C=O) groups is 1. The quantitative estimate of drug-likeness (QED) is 0.864. The molecule has 126 valence electrons. The molecule has 1 unspecified atom stereocenters. The maximum atomic E-state index is 14.4. The molecule has 1 saturated heterocycles. The van der Waals surface area contributed by atoms with Gasteiger partial charge in [-0.1, -0.05) is 6.42 Å². The molecule has 2 heterocycles. The monoisotopic (exact) mass is 330 g/mol. The SMILES string of the molecule is O=C(c1ccc(-n2cncn2)c(F)c1)N1CCOCC1C1CCC1. The molecule has 1 saturated carbocycles. The van der Waals surface area contributed by atoms with Crippen molar-refractivity contribution in [2.24, 2.45) is 5.92 Å². The van der Waals surface area contributed by atoms with Crippen molar-refractivity contribution in [1.29, 1.82) is 0 Å². The van der Waals surface area contributed by atoms with Gasteiger partial charge in [0.25, 0.3) is 5.91 Å². The zero-order valence-electron chi connectivity index (χ0n) is 13.3. The fraction of sp³-hybridized carbons (Fsp3) is 0.471. The van der Waals surface area contributed by atoms with Crippen LogP contribution in [0.5, 0.6) is 0 Å². The van der Waals surface area contributed by atoms with Crippen molar-refractivity contribution in [3.8, 4) is 5.69 Å². The molecule has 4 rings (SSSR count). The van der Waals surface area contributed by atoms with Crippen LogP contribution in [0.15, 0.2) is 30.9 Å². The molecule has 1 atom stereocenters. The van der Waals surface area contributed by atoms with Gasteiger partial charge in [-0.2, -0.15) is 5.10 Å². The van der Waals surface area contributed by atoms with Crippen LogP contribution in [-0.2, 0) is 4.74 Å². The Hall–Kier alpha value is -2.28. The summed E-state index contributed by atoms with van der Waals surface area (Å²) in [5, 5.41) is 3.92. The molecule has 2 aliphatic rings. The number of nitrogens with zero attached hydrogens (tertiary/aromatic N) is 4. The molecular formula is C17H19FN4O2. The maximum absolute atomic E-state index is 14.4. The number of carbonyl (C=O) groups excluding carboxylic acids is 1. The third-order valence-electron chi connectivity index (χ3n) is 4.98. The molecule has 1 aromatic heterocycles. The second-order valence-electron chi connectivity index (χ2n) is 6.34. The minimum Gasteiger partial charge on any atom is -0.377 e. The second kappa shape index (κ2) is 6.32. The van der Waals surface area contributed by atoms with Crippen LogP contribution in [0.4, 0.5) is 4.39 Å². The summed E-state index contributed by atoms with van der Waals surface area (Å²) in [7, 11) is 0. The number of halogens is 1. The van der Waals surface area contributed by atoms with Crippen molar-refractivity contribution >= 4 is 5.91 Å². The summed E-state index contributed by atoms with van der Waals surface area (Å²) in [5.74, 6) is -0.104. The zero-order valence-corrected chi connectivity index (χ0v) is 13.3. The predicted octanol–water partition coefficient (Wildman–Crippen LogP) is 2.05. The van der Waals surface area contributed by atoms with Gasteiger partial charge in [0, 0.05) is 12.1 Å². The number of aromatic nitrogens is 3. The number of amides is 1. The van der Waals surface area contributed by atoms with Crippen molar-refractivity contribution < 1.29 is 13.9 Å². The zero-order chi connectivity index (χ0) is 16.5. The first-order valence-electron chi connectivity index (χ1n) is 8.27. The molecule has 7 heteroatoms. The van der Waals surface area contributed by atoms with Crippen LogP contribution in [0, 0.1) is 11.7 Å². The Bertz CT molecular complexity index is 730. The minimum atomic E-state index is -0.486. The van der Waals surface area contributed by atoms with Gasteiger partial charge >= 0.3 is 0 Å². The molecule has 2 aromatic rings. The molecule has 0 spiro atoms. The van der Waals surface area contributed by atoms with E-state index in [0.717, 1.165) is 12.8 Å². The largest absolute Gasteiger partial charge is 0.377 e. The molecule has 0 N–H and O–H groups in total. The van der Waals surface area contributed by atoms with E-state index in [9.17, 15) is 9.18 Å². The van der Waals surface area contributed by atoms with E-state index in [0.29, 0.717) is 31.2 Å². The Balaban J connectivity index is 1.58. The molecule has 2 fully saturated rings. The Morgan fingerprint density at radius 3 is 2.88 bits per heavy atom. The summed E-state index contributed by atoms with van der Waals surface area (Å²) in [5.41, 5.74) is 0.643. The number of benzene rings is 1. The topological polar surface area (TPSA) is 60.2 Å². The lowest BCUT2D eigenvalue weighted by molar-refractivity contribution is -0.0330. The third kappa shape index (κ3) is 2.69. The maximum Gasteiger partial charge on any atom is 0.254 e. The third-order valence-corrected chi connectivity index (χ3v) is 4.98. The van der Waals surface area contributed by atoms with Crippen molar-refractivity contribution in [1.82, 2.24) is 19.7 Å². The Labute approximate surface area is 139 Å². The number of ether oxygens (including phenoxy) is 1. The fourth-order valence-corrected chi connectivity index (χ4v) is 3.41. The second-order valence-corrected chi connectivity index (χ2v) is 6.34. The molecule has 6 nitrogen and oxygen atoms in total. The van der Waals surface area contributed by atoms with Crippen molar-refractivity contribution in [3.05, 3.63) is 42.2 Å². The smallest absolute Gasteiger partial charge is 0.254 e. The van der Waals surface area contributed by atoms with Crippen molar-refractivity contribution in [3.63, 3.8) is 0 Å². The summed E-state index contributed by atoms with van der Waals surface area (Å²) in [6, 6.07) is 4.61. The van der Waals surface area contributed by atoms with Gasteiger partial charge in [0.15, 0.2) is 0 Å². The molecule has 1 amide bonds. The highest BCUT2D eigenvalue weighted by molar-refractivity contribution is 5.94. The van der Waals surface area contributed by atoms with E-state index >= 15 is 0 Å². The van der Waals surface area contributed by atoms with Crippen LogP contribution in [0.25, 0.3) is 5.69 Å². The minimum absolute atomic E-state index is 0.109. The van der Waals surface area contributed by atoms with Gasteiger partial charge < -0.3 is 9.64 Å². The van der Waals surface area contributed by atoms with E-state index in [1.54, 1.807) is 12.1 Å². The van der Waals surface area contributed by atoms with Crippen LogP contribution in [0.3, 0.4) is 0 Å². The van der Waals surface area contributed by atoms with E-state index in [4.69, 9.17) is 4.74 Å². The average Bonchev–Trinajstić information content (AvgIpc) is 3.07. The Kier molecular flexibility index (Phi) is 4.02. The van der Waals surface area contributed by atoms with Gasteiger partial charge in [0.05, 0.1) is 19.3 Å². The molecular weight excluding hydrogens is 311 g/mol. The van der Waals surface area contributed by atoms with Crippen molar-refractivity contribution in [2.75, 3.05) is 19.8 Å². The lowest BCUT2D eigenvalue weighted by Crippen LogP contribution is -2.53. The van der Waals surface area contributed by atoms with Gasteiger partial charge in [-0.05, 0) is 37.0 Å². The van der Waals surface area contributed by atoms with E-state index in [-0.39, 0.29) is 17.6 Å². The van der Waals surface area contributed by atoms with E-state index < -0.39 is 5.82 Å². The van der Waals surface area contributed by atoms with Gasteiger partial charge in [-0.15, -0.1) is 0 Å². The standard InChI is InChI=1S/C17H19FN4O2/c18-14-8-13(4-5-15(14)22-11-19-10-20-22)17(23)21-6-7-24-9-16(21)12-2-1-3-12/h4-5,8,10-12,16H,1-3,6-7,9H2. The first-order chi connectivity index (χ1) is 11.7. The highest BCUT2D eigenvalue weighted by Crippen LogP contribution is 2.34. The Morgan fingerprint density at radius 1 is 1.33 bits per heavy atom. The summed E-state index contributed by atoms with van der Waals surface area (Å²) in [4.78, 5) is 18.5. The molecule has 1 aliphatic carbocycles. The summed E-state index contributed by atoms with van der Waals surface area (Å²) < 4.78 is 21.3. The predicted molar refractivity (Wildman–Crippen MR) is 84.3 cm³/mol. The van der Waals surface area contributed by atoms with Gasteiger partial charge in [0.2, 0.25) is 0 Å². The molecule has 0 bridgehead atoms. The van der Waals surface area contributed by atoms with Gasteiger partial charge in [-0.25, -0.2) is 14.1 Å². The lowest BCUT2D eigenvalue weighted by Gasteiger charge is -2.43. The van der Waals surface area contributed by atoms with Gasteiger partial charge in [0.1, 0.15) is 24.2 Å². The van der Waals surface area contributed by atoms with Crippen LogP contribution < -0.4 is 0 Å².